The molecule has 0 radical (unpaired) electrons. The zero-order valence-corrected chi connectivity index (χ0v) is 13.2. The predicted octanol–water partition coefficient (Wildman–Crippen LogP) is 4.12. The molecule has 1 N–H and O–H groups in total. The Kier molecular flexibility index (Phi) is 4.55. The molecule has 1 aromatic carbocycles. The van der Waals surface area contributed by atoms with Gasteiger partial charge in [0, 0.05) is 18.8 Å². The molecule has 21 heavy (non-hydrogen) atoms. The lowest BCUT2D eigenvalue weighted by atomic mass is 10.2. The van der Waals surface area contributed by atoms with Crippen molar-refractivity contribution in [3.05, 3.63) is 52.2 Å². The van der Waals surface area contributed by atoms with Gasteiger partial charge in [-0.1, -0.05) is 12.1 Å². The second-order valence-corrected chi connectivity index (χ2v) is 6.24. The largest absolute Gasteiger partial charge is 0.343 e. The summed E-state index contributed by atoms with van der Waals surface area (Å²) >= 11 is 1.73. The smallest absolute Gasteiger partial charge is 0.198 e. The number of nitrogens with one attached hydrogen (secondary N) is 1. The molecule has 2 aromatic rings. The summed E-state index contributed by atoms with van der Waals surface area (Å²) in [4.78, 5) is 7.17. The molecule has 0 saturated carbocycles. The summed E-state index contributed by atoms with van der Waals surface area (Å²) < 4.78 is 0. The number of guanidine groups is 1. The highest BCUT2D eigenvalue weighted by Crippen LogP contribution is 2.15. The number of likely N-dealkylation sites (tertiary alicyclic amines) is 1. The minimum atomic E-state index is 0.744. The van der Waals surface area contributed by atoms with E-state index in [0.29, 0.717) is 0 Å². The molecule has 110 valence electrons. The van der Waals surface area contributed by atoms with Gasteiger partial charge in [0.2, 0.25) is 0 Å². The molecule has 1 fully saturated rings. The Labute approximate surface area is 130 Å². The van der Waals surface area contributed by atoms with Crippen molar-refractivity contribution in [1.29, 1.82) is 0 Å². The number of aliphatic imine (C=N–C) groups is 1. The molecule has 0 bridgehead atoms. The zero-order chi connectivity index (χ0) is 14.5. The van der Waals surface area contributed by atoms with Crippen LogP contribution in [0.1, 0.15) is 24.0 Å². The van der Waals surface area contributed by atoms with Crippen molar-refractivity contribution in [3.63, 3.8) is 0 Å². The van der Waals surface area contributed by atoms with E-state index in [2.05, 4.69) is 58.2 Å². The van der Waals surface area contributed by atoms with E-state index >= 15 is 0 Å². The van der Waals surface area contributed by atoms with Crippen molar-refractivity contribution in [2.75, 3.05) is 18.4 Å². The molecule has 0 atom stereocenters. The Morgan fingerprint density at radius 3 is 2.86 bits per heavy atom. The van der Waals surface area contributed by atoms with Crippen LogP contribution < -0.4 is 5.32 Å². The highest BCUT2D eigenvalue weighted by Gasteiger charge is 2.16. The Balaban J connectivity index is 1.76. The second kappa shape index (κ2) is 6.76. The number of hydrogen-bond donors (Lipinski definition) is 1. The Hall–Kier alpha value is -1.81. The van der Waals surface area contributed by atoms with E-state index in [9.17, 15) is 0 Å². The van der Waals surface area contributed by atoms with E-state index in [1.807, 2.05) is 0 Å². The van der Waals surface area contributed by atoms with Crippen LogP contribution in [0.2, 0.25) is 0 Å². The average molecular weight is 299 g/mol. The van der Waals surface area contributed by atoms with E-state index in [0.717, 1.165) is 31.3 Å². The third-order valence-electron chi connectivity index (χ3n) is 3.67. The lowest BCUT2D eigenvalue weighted by Crippen LogP contribution is -2.34. The number of benzene rings is 1. The molecule has 0 aliphatic carbocycles. The van der Waals surface area contributed by atoms with Crippen LogP contribution in [-0.2, 0) is 6.54 Å². The minimum absolute atomic E-state index is 0.744. The molecule has 0 spiro atoms. The molecule has 4 heteroatoms. The summed E-state index contributed by atoms with van der Waals surface area (Å²) in [7, 11) is 0. The maximum atomic E-state index is 4.81. The number of nitrogens with zero attached hydrogens (tertiary/aromatic N) is 2. The fourth-order valence-electron chi connectivity index (χ4n) is 2.55. The molecule has 1 aromatic heterocycles. The van der Waals surface area contributed by atoms with Crippen LogP contribution in [0.15, 0.2) is 46.1 Å². The van der Waals surface area contributed by atoms with Crippen LogP contribution in [0.5, 0.6) is 0 Å². The van der Waals surface area contributed by atoms with Gasteiger partial charge in [0.15, 0.2) is 5.96 Å². The lowest BCUT2D eigenvalue weighted by molar-refractivity contribution is 0.515. The molecular weight excluding hydrogens is 278 g/mol. The monoisotopic (exact) mass is 299 g/mol. The lowest BCUT2D eigenvalue weighted by Gasteiger charge is -2.21. The van der Waals surface area contributed by atoms with Gasteiger partial charge < -0.3 is 10.2 Å². The fraction of sp³-hybridized carbons (Fsp3) is 0.353. The van der Waals surface area contributed by atoms with Crippen molar-refractivity contribution in [3.8, 4) is 0 Å². The quantitative estimate of drug-likeness (QED) is 0.682. The van der Waals surface area contributed by atoms with Crippen molar-refractivity contribution in [2.24, 2.45) is 4.99 Å². The summed E-state index contributed by atoms with van der Waals surface area (Å²) in [6, 6.07) is 10.6. The first-order valence-electron chi connectivity index (χ1n) is 7.45. The fourth-order valence-corrected chi connectivity index (χ4v) is 3.21. The number of anilines is 1. The number of thiophene rings is 1. The van der Waals surface area contributed by atoms with Crippen LogP contribution >= 0.6 is 11.3 Å². The highest BCUT2D eigenvalue weighted by molar-refractivity contribution is 7.07. The van der Waals surface area contributed by atoms with Gasteiger partial charge in [0.05, 0.1) is 6.54 Å². The normalized spacial score (nSPS) is 15.5. The van der Waals surface area contributed by atoms with Crippen LogP contribution in [0.3, 0.4) is 0 Å². The highest BCUT2D eigenvalue weighted by atomic mass is 32.1. The standard InChI is InChI=1S/C17H21N3S/c1-14-5-4-6-16(11-14)19-17(20-8-2-3-9-20)18-12-15-7-10-21-13-15/h4-7,10-11,13H,2-3,8-9,12H2,1H3,(H,18,19). The maximum Gasteiger partial charge on any atom is 0.198 e. The summed E-state index contributed by atoms with van der Waals surface area (Å²) in [6.45, 7) is 5.06. The van der Waals surface area contributed by atoms with E-state index < -0.39 is 0 Å². The molecule has 1 saturated heterocycles. The molecule has 1 aliphatic rings. The van der Waals surface area contributed by atoms with Gasteiger partial charge in [-0.15, -0.1) is 0 Å². The van der Waals surface area contributed by atoms with E-state index in [1.54, 1.807) is 11.3 Å². The second-order valence-electron chi connectivity index (χ2n) is 5.46. The van der Waals surface area contributed by atoms with Crippen LogP contribution in [0.25, 0.3) is 0 Å². The molecular formula is C17H21N3S. The first kappa shape index (κ1) is 14.1. The van der Waals surface area contributed by atoms with Gasteiger partial charge in [-0.25, -0.2) is 4.99 Å². The van der Waals surface area contributed by atoms with Crippen LogP contribution in [0, 0.1) is 6.92 Å². The third-order valence-corrected chi connectivity index (χ3v) is 4.40. The Morgan fingerprint density at radius 1 is 1.29 bits per heavy atom. The number of hydrogen-bond acceptors (Lipinski definition) is 2. The van der Waals surface area contributed by atoms with Crippen molar-refractivity contribution in [1.82, 2.24) is 4.90 Å². The zero-order valence-electron chi connectivity index (χ0n) is 12.4. The summed E-state index contributed by atoms with van der Waals surface area (Å²) in [5.74, 6) is 1.00. The predicted molar refractivity (Wildman–Crippen MR) is 91.1 cm³/mol. The molecule has 0 amide bonds. The van der Waals surface area contributed by atoms with Crippen molar-refractivity contribution in [2.45, 2.75) is 26.3 Å². The van der Waals surface area contributed by atoms with Gasteiger partial charge >= 0.3 is 0 Å². The summed E-state index contributed by atoms with van der Waals surface area (Å²) in [6.07, 6.45) is 2.51. The van der Waals surface area contributed by atoms with Gasteiger partial charge in [0.25, 0.3) is 0 Å². The van der Waals surface area contributed by atoms with Gasteiger partial charge in [-0.2, -0.15) is 11.3 Å². The van der Waals surface area contributed by atoms with Gasteiger partial charge in [-0.3, -0.25) is 0 Å². The molecule has 3 nitrogen and oxygen atoms in total. The molecule has 3 rings (SSSR count). The van der Waals surface area contributed by atoms with Crippen molar-refractivity contribution < 1.29 is 0 Å². The van der Waals surface area contributed by atoms with Gasteiger partial charge in [0.1, 0.15) is 0 Å². The SMILES string of the molecule is Cc1cccc(NC(=NCc2ccsc2)N2CCCC2)c1. The number of aryl methyl sites for hydroxylation is 1. The molecule has 0 unspecified atom stereocenters. The summed E-state index contributed by atoms with van der Waals surface area (Å²) in [5.41, 5.74) is 3.66. The minimum Gasteiger partial charge on any atom is -0.343 e. The topological polar surface area (TPSA) is 27.6 Å². The Bertz CT molecular complexity index is 598. The Morgan fingerprint density at radius 2 is 2.14 bits per heavy atom. The van der Waals surface area contributed by atoms with E-state index in [-0.39, 0.29) is 0 Å². The average Bonchev–Trinajstić information content (AvgIpc) is 3.16. The molecule has 2 heterocycles. The number of rotatable bonds is 3. The van der Waals surface area contributed by atoms with Crippen LogP contribution in [0.4, 0.5) is 5.69 Å². The first-order chi connectivity index (χ1) is 10.3. The van der Waals surface area contributed by atoms with E-state index in [1.165, 1.54) is 24.0 Å². The first-order valence-corrected chi connectivity index (χ1v) is 8.40. The molecule has 1 aliphatic heterocycles. The summed E-state index contributed by atoms with van der Waals surface area (Å²) in [5, 5.41) is 7.77. The van der Waals surface area contributed by atoms with Crippen LogP contribution in [-0.4, -0.2) is 23.9 Å². The third kappa shape index (κ3) is 3.85. The maximum absolute atomic E-state index is 4.81. The van der Waals surface area contributed by atoms with Gasteiger partial charge in [-0.05, 0) is 59.9 Å². The van der Waals surface area contributed by atoms with E-state index in [4.69, 9.17) is 4.99 Å². The van der Waals surface area contributed by atoms with Crippen molar-refractivity contribution >= 4 is 23.0 Å².